The van der Waals surface area contributed by atoms with E-state index in [9.17, 15) is 14.7 Å². The van der Waals surface area contributed by atoms with Crippen LogP contribution < -0.4 is 10.6 Å². The Morgan fingerprint density at radius 2 is 1.65 bits per heavy atom. The van der Waals surface area contributed by atoms with Crippen LogP contribution in [0.15, 0.2) is 60.8 Å². The van der Waals surface area contributed by atoms with E-state index in [0.717, 1.165) is 74.6 Å². The normalized spacial score (nSPS) is 28.0. The number of carbonyl (C=O) groups excluding carboxylic acids is 1. The maximum atomic E-state index is 14.0. The number of carboxylic acid groups (broad SMARTS) is 1. The maximum absolute atomic E-state index is 14.0. The number of hydrogen-bond acceptors (Lipinski definition) is 6. The van der Waals surface area contributed by atoms with Gasteiger partial charge < -0.3 is 35.3 Å². The van der Waals surface area contributed by atoms with Gasteiger partial charge in [0.25, 0.3) is 0 Å². The van der Waals surface area contributed by atoms with Crippen LogP contribution in [0, 0.1) is 17.8 Å². The second kappa shape index (κ2) is 11.1. The van der Waals surface area contributed by atoms with Crippen molar-refractivity contribution in [2.24, 2.45) is 17.8 Å². The number of nitrogens with one attached hydrogen (secondary N) is 4. The topological polar surface area (TPSA) is 148 Å². The van der Waals surface area contributed by atoms with E-state index in [2.05, 4.69) is 75.2 Å². The molecular formula is C38H39N7O4. The average molecular weight is 658 g/mol. The molecule has 0 unspecified atom stereocenters. The zero-order valence-electron chi connectivity index (χ0n) is 27.1. The van der Waals surface area contributed by atoms with Gasteiger partial charge in [-0.3, -0.25) is 4.79 Å². The molecule has 0 radical (unpaired) electrons. The maximum Gasteiger partial charge on any atom is 0.405 e. The lowest BCUT2D eigenvalue weighted by Crippen LogP contribution is -2.53. The van der Waals surface area contributed by atoms with Gasteiger partial charge in [-0.1, -0.05) is 30.3 Å². The van der Waals surface area contributed by atoms with Gasteiger partial charge in [0.1, 0.15) is 17.7 Å². The molecule has 2 saturated carbocycles. The van der Waals surface area contributed by atoms with Crippen LogP contribution in [0.4, 0.5) is 4.79 Å². The van der Waals surface area contributed by atoms with Crippen LogP contribution in [0.2, 0.25) is 0 Å². The van der Waals surface area contributed by atoms with Gasteiger partial charge in [-0.2, -0.15) is 0 Å². The SMILES string of the molecule is O=C(O)N[C@H](C(=O)N1[C@@H]2C[C@@H]2C[C@H]1c1ncc(-c2ccc3cc(-c4ccc5nc([C@@H]6C[C@@H]7C[C@H]7N6)[nH]c5c4)ccc3c2)[nH]1)C1CCOCC1. The van der Waals surface area contributed by atoms with Gasteiger partial charge >= 0.3 is 6.09 Å². The third kappa shape index (κ3) is 5.18. The first-order chi connectivity index (χ1) is 23.9. The number of aromatic nitrogens is 4. The summed E-state index contributed by atoms with van der Waals surface area (Å²) in [6, 6.07) is 19.7. The molecule has 5 aromatic rings. The van der Waals surface area contributed by atoms with Crippen LogP contribution in [0.5, 0.6) is 0 Å². The summed E-state index contributed by atoms with van der Waals surface area (Å²) in [5.41, 5.74) is 6.30. The van der Waals surface area contributed by atoms with Crippen LogP contribution >= 0.6 is 0 Å². The van der Waals surface area contributed by atoms with E-state index in [1.807, 2.05) is 11.1 Å². The van der Waals surface area contributed by atoms with Crippen molar-refractivity contribution in [2.75, 3.05) is 13.2 Å². The number of H-pyrrole nitrogens is 2. The van der Waals surface area contributed by atoms with Crippen molar-refractivity contribution in [2.45, 2.75) is 68.7 Å². The van der Waals surface area contributed by atoms with E-state index >= 15 is 0 Å². The fraction of sp³-hybridized carbons (Fsp3) is 0.421. The highest BCUT2D eigenvalue weighted by atomic mass is 16.5. The number of nitrogens with zero attached hydrogens (tertiary/aromatic N) is 3. The zero-order valence-corrected chi connectivity index (χ0v) is 27.1. The number of imidazole rings is 2. The Bertz CT molecular complexity index is 2110. The van der Waals surface area contributed by atoms with E-state index in [-0.39, 0.29) is 23.9 Å². The highest BCUT2D eigenvalue weighted by Gasteiger charge is 2.56. The molecule has 5 N–H and O–H groups in total. The predicted molar refractivity (Wildman–Crippen MR) is 184 cm³/mol. The number of ether oxygens (including phenoxy) is 1. The molecule has 49 heavy (non-hydrogen) atoms. The van der Waals surface area contributed by atoms with E-state index < -0.39 is 12.1 Å². The second-order valence-electron chi connectivity index (χ2n) is 14.8. The molecule has 11 heteroatoms. The summed E-state index contributed by atoms with van der Waals surface area (Å²) >= 11 is 0. The highest BCUT2D eigenvalue weighted by molar-refractivity contribution is 5.92. The van der Waals surface area contributed by atoms with E-state index in [1.165, 1.54) is 12.8 Å². The van der Waals surface area contributed by atoms with Gasteiger partial charge in [0.2, 0.25) is 5.91 Å². The monoisotopic (exact) mass is 657 g/mol. The Morgan fingerprint density at radius 3 is 2.45 bits per heavy atom. The fourth-order valence-corrected chi connectivity index (χ4v) is 8.89. The number of rotatable bonds is 7. The summed E-state index contributed by atoms with van der Waals surface area (Å²) in [5, 5.41) is 18.1. The van der Waals surface area contributed by atoms with Crippen LogP contribution in [0.25, 0.3) is 44.2 Å². The highest BCUT2D eigenvalue weighted by Crippen LogP contribution is 2.53. The Kier molecular flexibility index (Phi) is 6.64. The molecule has 5 heterocycles. The molecule has 250 valence electrons. The standard InChI is InChI=1S/C38H39N7O4/c46-37(34(44-38(47)48)19-7-9-49-10-8-19)45-32-16-26(32)17-33(45)36-39-18-31(43-36)24-4-3-20-11-21(1-2-22(20)12-24)23-5-6-27-29(13-23)42-35(41-27)30-15-25-14-28(25)40-30/h1-6,11-13,18-19,25-26,28,30,32-34,40,44H,7-10,14-17H2,(H,39,43)(H,41,42)(H,47,48)/t25-,26+,28+,30-,32+,33-,34-/m0/s1. The van der Waals surface area contributed by atoms with Crippen LogP contribution in [-0.2, 0) is 9.53 Å². The lowest BCUT2D eigenvalue weighted by Gasteiger charge is -2.35. The number of hydrogen-bond donors (Lipinski definition) is 5. The molecule has 5 aliphatic rings. The molecule has 3 saturated heterocycles. The van der Waals surface area contributed by atoms with Crippen molar-refractivity contribution in [1.29, 1.82) is 0 Å². The minimum atomic E-state index is -1.17. The lowest BCUT2D eigenvalue weighted by molar-refractivity contribution is -0.138. The summed E-state index contributed by atoms with van der Waals surface area (Å²) < 4.78 is 5.49. The molecule has 5 fully saturated rings. The number of carbonyl (C=O) groups is 2. The first kappa shape index (κ1) is 29.2. The number of benzene rings is 3. The summed E-state index contributed by atoms with van der Waals surface area (Å²) in [6.07, 6.45) is 6.29. The molecule has 0 bridgehead atoms. The lowest BCUT2D eigenvalue weighted by atomic mass is 9.90. The van der Waals surface area contributed by atoms with E-state index in [1.54, 1.807) is 0 Å². The fourth-order valence-electron chi connectivity index (χ4n) is 8.89. The Labute approximate surface area is 282 Å². The van der Waals surface area contributed by atoms with Gasteiger partial charge in [-0.05, 0) is 102 Å². The molecule has 7 atom stereocenters. The van der Waals surface area contributed by atoms with Crippen LogP contribution in [0.3, 0.4) is 0 Å². The number of piperidine rings is 2. The third-order valence-electron chi connectivity index (χ3n) is 11.7. The van der Waals surface area contributed by atoms with Crippen molar-refractivity contribution >= 4 is 33.8 Å². The minimum absolute atomic E-state index is 0.0770. The number of aromatic amines is 2. The van der Waals surface area contributed by atoms with Crippen molar-refractivity contribution in [3.05, 3.63) is 72.4 Å². The summed E-state index contributed by atoms with van der Waals surface area (Å²) in [6.45, 7) is 1.08. The first-order valence-corrected chi connectivity index (χ1v) is 17.7. The average Bonchev–Trinajstić information content (AvgIpc) is 3.70. The predicted octanol–water partition coefficient (Wildman–Crippen LogP) is 5.92. The van der Waals surface area contributed by atoms with E-state index in [0.29, 0.717) is 44.1 Å². The van der Waals surface area contributed by atoms with Gasteiger partial charge in [-0.25, -0.2) is 14.8 Å². The molecule has 0 spiro atoms. The zero-order chi connectivity index (χ0) is 32.8. The smallest absolute Gasteiger partial charge is 0.405 e. The number of likely N-dealkylation sites (tertiary alicyclic amines) is 1. The molecular weight excluding hydrogens is 618 g/mol. The summed E-state index contributed by atoms with van der Waals surface area (Å²) in [5.74, 6) is 2.84. The van der Waals surface area contributed by atoms with Crippen LogP contribution in [0.1, 0.15) is 62.3 Å². The molecule has 3 aromatic carbocycles. The molecule has 2 aliphatic carbocycles. The molecule has 11 nitrogen and oxygen atoms in total. The molecule has 2 amide bonds. The van der Waals surface area contributed by atoms with Crippen molar-refractivity contribution in [3.63, 3.8) is 0 Å². The van der Waals surface area contributed by atoms with Gasteiger partial charge in [0.15, 0.2) is 0 Å². The van der Waals surface area contributed by atoms with Gasteiger partial charge in [0.05, 0.1) is 35.0 Å². The second-order valence-corrected chi connectivity index (χ2v) is 14.8. The minimum Gasteiger partial charge on any atom is -0.465 e. The van der Waals surface area contributed by atoms with E-state index in [4.69, 9.17) is 14.7 Å². The quantitative estimate of drug-likeness (QED) is 0.146. The Hall–Kier alpha value is -4.74. The summed E-state index contributed by atoms with van der Waals surface area (Å²) in [7, 11) is 0. The molecule has 10 rings (SSSR count). The summed E-state index contributed by atoms with van der Waals surface area (Å²) in [4.78, 5) is 44.4. The van der Waals surface area contributed by atoms with Crippen LogP contribution in [-0.4, -0.2) is 73.3 Å². The molecule has 2 aromatic heterocycles. The number of fused-ring (bicyclic) bond motifs is 4. The third-order valence-corrected chi connectivity index (χ3v) is 11.7. The van der Waals surface area contributed by atoms with Gasteiger partial charge in [-0.15, -0.1) is 0 Å². The Morgan fingerprint density at radius 1 is 0.878 bits per heavy atom. The Balaban J connectivity index is 0.883. The largest absolute Gasteiger partial charge is 0.465 e. The first-order valence-electron chi connectivity index (χ1n) is 17.7. The molecule has 3 aliphatic heterocycles. The van der Waals surface area contributed by atoms with Crippen molar-refractivity contribution in [1.82, 2.24) is 35.5 Å². The van der Waals surface area contributed by atoms with Crippen molar-refractivity contribution in [3.8, 4) is 22.4 Å². The number of amides is 2. The van der Waals surface area contributed by atoms with Gasteiger partial charge in [0, 0.05) is 30.9 Å². The van der Waals surface area contributed by atoms with Crippen molar-refractivity contribution < 1.29 is 19.4 Å².